The van der Waals surface area contributed by atoms with Gasteiger partial charge in [0.2, 0.25) is 5.91 Å². The lowest BCUT2D eigenvalue weighted by Gasteiger charge is -2.63. The Morgan fingerprint density at radius 1 is 1.19 bits per heavy atom. The summed E-state index contributed by atoms with van der Waals surface area (Å²) in [7, 11) is 0. The molecule has 0 heterocycles. The highest BCUT2D eigenvalue weighted by atomic mass is 35.5. The minimum absolute atomic E-state index is 0.0670. The van der Waals surface area contributed by atoms with Crippen molar-refractivity contribution in [3.05, 3.63) is 35.9 Å². The van der Waals surface area contributed by atoms with Gasteiger partial charge in [-0.2, -0.15) is 0 Å². The fourth-order valence-electron chi connectivity index (χ4n) is 6.62. The molecule has 3 nitrogen and oxygen atoms in total. The molecule has 0 radical (unpaired) electrons. The van der Waals surface area contributed by atoms with Crippen LogP contribution in [0, 0.1) is 23.7 Å². The van der Waals surface area contributed by atoms with Crippen LogP contribution in [0.5, 0.6) is 0 Å². The van der Waals surface area contributed by atoms with Crippen LogP contribution >= 0.6 is 11.6 Å². The molecule has 26 heavy (non-hydrogen) atoms. The third-order valence-corrected chi connectivity index (χ3v) is 8.05. The number of alkyl halides is 1. The molecular weight excluding hydrogens is 346 g/mol. The lowest BCUT2D eigenvalue weighted by atomic mass is 9.47. The van der Waals surface area contributed by atoms with Gasteiger partial charge in [-0.1, -0.05) is 36.8 Å². The summed E-state index contributed by atoms with van der Waals surface area (Å²) in [4.78, 5) is 12.6. The molecule has 5 fully saturated rings. The summed E-state index contributed by atoms with van der Waals surface area (Å²) in [6.07, 6.45) is 7.82. The van der Waals surface area contributed by atoms with Gasteiger partial charge in [0, 0.05) is 16.7 Å². The Bertz CT molecular complexity index is 705. The van der Waals surface area contributed by atoms with E-state index in [2.05, 4.69) is 17.4 Å². The molecular formula is C22H28ClNO2. The van der Waals surface area contributed by atoms with Crippen molar-refractivity contribution < 1.29 is 9.90 Å². The van der Waals surface area contributed by atoms with Gasteiger partial charge in [0.05, 0.1) is 11.6 Å². The maximum atomic E-state index is 12.8. The van der Waals surface area contributed by atoms with Crippen molar-refractivity contribution in [1.29, 1.82) is 0 Å². The van der Waals surface area contributed by atoms with Crippen LogP contribution in [0.1, 0.15) is 63.0 Å². The van der Waals surface area contributed by atoms with E-state index in [1.807, 2.05) is 18.2 Å². The summed E-state index contributed by atoms with van der Waals surface area (Å²) in [5, 5.41) is 15.0. The Hall–Kier alpha value is -1.06. The van der Waals surface area contributed by atoms with E-state index in [0.717, 1.165) is 50.5 Å². The first kappa shape index (κ1) is 17.1. The molecule has 4 bridgehead atoms. The molecule has 140 valence electrons. The van der Waals surface area contributed by atoms with Crippen molar-refractivity contribution >= 4 is 17.5 Å². The Kier molecular flexibility index (Phi) is 3.92. The first-order valence-electron chi connectivity index (χ1n) is 10.2. The number of aliphatic hydroxyl groups is 1. The normalized spacial score (nSPS) is 42.3. The van der Waals surface area contributed by atoms with Crippen LogP contribution in [0.4, 0.5) is 0 Å². The summed E-state index contributed by atoms with van der Waals surface area (Å²) in [5.41, 5.74) is 0.369. The Balaban J connectivity index is 1.49. The molecule has 0 aromatic heterocycles. The predicted octanol–water partition coefficient (Wildman–Crippen LogP) is 4.19. The molecule has 1 amide bonds. The minimum Gasteiger partial charge on any atom is -0.389 e. The van der Waals surface area contributed by atoms with Gasteiger partial charge in [-0.3, -0.25) is 4.79 Å². The first-order valence-corrected chi connectivity index (χ1v) is 10.6. The van der Waals surface area contributed by atoms with Gasteiger partial charge in [0.1, 0.15) is 0 Å². The molecule has 4 heteroatoms. The van der Waals surface area contributed by atoms with Gasteiger partial charge < -0.3 is 10.4 Å². The predicted molar refractivity (Wildman–Crippen MR) is 102 cm³/mol. The molecule has 0 saturated heterocycles. The number of nitrogens with one attached hydrogen (secondary N) is 1. The van der Waals surface area contributed by atoms with E-state index < -0.39 is 5.60 Å². The van der Waals surface area contributed by atoms with Gasteiger partial charge in [-0.25, -0.2) is 0 Å². The number of rotatable bonds is 4. The molecule has 0 spiro atoms. The standard InChI is InChI=1S/C22H28ClNO2/c23-21-10-14-9-17(12-21)18(22(26,11-14)13-21)19(15-5-2-1-3-6-15)24-20(25)16-7-4-8-16/h1-3,5-6,14,16-19,26H,4,7-13H2,(H,24,25)/t14?,17?,18-,19+,21+,22+/m1/s1. The van der Waals surface area contributed by atoms with E-state index in [-0.39, 0.29) is 28.7 Å². The summed E-state index contributed by atoms with van der Waals surface area (Å²) >= 11 is 6.88. The molecule has 5 saturated carbocycles. The number of hydrogen-bond donors (Lipinski definition) is 2. The second kappa shape index (κ2) is 5.97. The Labute approximate surface area is 160 Å². The zero-order valence-electron chi connectivity index (χ0n) is 15.2. The van der Waals surface area contributed by atoms with Crippen molar-refractivity contribution in [2.45, 2.75) is 67.9 Å². The van der Waals surface area contributed by atoms with E-state index in [1.54, 1.807) is 0 Å². The number of hydrogen-bond acceptors (Lipinski definition) is 2. The number of halogens is 1. The quantitative estimate of drug-likeness (QED) is 0.777. The molecule has 2 N–H and O–H groups in total. The molecule has 5 aliphatic rings. The summed E-state index contributed by atoms with van der Waals surface area (Å²) in [6.45, 7) is 0. The van der Waals surface area contributed by atoms with E-state index in [4.69, 9.17) is 11.6 Å². The molecule has 0 aliphatic heterocycles. The molecule has 1 aromatic carbocycles. The van der Waals surface area contributed by atoms with E-state index in [1.165, 1.54) is 0 Å². The van der Waals surface area contributed by atoms with E-state index in [9.17, 15) is 9.90 Å². The van der Waals surface area contributed by atoms with Crippen LogP contribution < -0.4 is 5.32 Å². The van der Waals surface area contributed by atoms with Gasteiger partial charge in [0.15, 0.2) is 0 Å². The van der Waals surface area contributed by atoms with Crippen molar-refractivity contribution in [1.82, 2.24) is 5.32 Å². The van der Waals surface area contributed by atoms with Crippen LogP contribution in [-0.4, -0.2) is 21.5 Å². The van der Waals surface area contributed by atoms with Crippen LogP contribution in [0.2, 0.25) is 0 Å². The van der Waals surface area contributed by atoms with Crippen molar-refractivity contribution in [2.75, 3.05) is 0 Å². The van der Waals surface area contributed by atoms with Crippen molar-refractivity contribution in [3.8, 4) is 0 Å². The van der Waals surface area contributed by atoms with Gasteiger partial charge >= 0.3 is 0 Å². The van der Waals surface area contributed by atoms with Crippen molar-refractivity contribution in [3.63, 3.8) is 0 Å². The van der Waals surface area contributed by atoms with Gasteiger partial charge in [-0.15, -0.1) is 11.6 Å². The topological polar surface area (TPSA) is 49.3 Å². The SMILES string of the molecule is O=C(N[C@@H](c1ccccc1)[C@H]1C2CC3C[C@](Cl)(C2)C[C@@]1(O)C3)C1CCC1. The maximum Gasteiger partial charge on any atom is 0.223 e. The highest BCUT2D eigenvalue weighted by Crippen LogP contribution is 2.64. The molecule has 6 rings (SSSR count). The highest BCUT2D eigenvalue weighted by molar-refractivity contribution is 6.24. The highest BCUT2D eigenvalue weighted by Gasteiger charge is 2.63. The average Bonchev–Trinajstić information content (AvgIpc) is 2.50. The number of benzene rings is 1. The zero-order valence-corrected chi connectivity index (χ0v) is 15.9. The summed E-state index contributed by atoms with van der Waals surface area (Å²) < 4.78 is 0. The molecule has 2 unspecified atom stereocenters. The third-order valence-electron chi connectivity index (χ3n) is 7.60. The number of amides is 1. The lowest BCUT2D eigenvalue weighted by Crippen LogP contribution is -2.65. The summed E-state index contributed by atoms with van der Waals surface area (Å²) in [5.74, 6) is 1.33. The molecule has 1 aromatic rings. The lowest BCUT2D eigenvalue weighted by molar-refractivity contribution is -0.175. The monoisotopic (exact) mass is 373 g/mol. The summed E-state index contributed by atoms with van der Waals surface area (Å²) in [6, 6.07) is 10.1. The minimum atomic E-state index is -0.751. The number of carbonyl (C=O) groups is 1. The van der Waals surface area contributed by atoms with Crippen LogP contribution in [-0.2, 0) is 4.79 Å². The first-order chi connectivity index (χ1) is 12.5. The third kappa shape index (κ3) is 2.70. The maximum absolute atomic E-state index is 12.8. The second-order valence-corrected chi connectivity index (χ2v) is 10.3. The van der Waals surface area contributed by atoms with Crippen LogP contribution in [0.3, 0.4) is 0 Å². The van der Waals surface area contributed by atoms with E-state index >= 15 is 0 Å². The van der Waals surface area contributed by atoms with Crippen LogP contribution in [0.25, 0.3) is 0 Å². The van der Waals surface area contributed by atoms with Crippen LogP contribution in [0.15, 0.2) is 30.3 Å². The molecule has 5 aliphatic carbocycles. The average molecular weight is 374 g/mol. The largest absolute Gasteiger partial charge is 0.389 e. The second-order valence-electron chi connectivity index (χ2n) is 9.46. The Morgan fingerprint density at radius 2 is 1.96 bits per heavy atom. The van der Waals surface area contributed by atoms with Gasteiger partial charge in [-0.05, 0) is 62.3 Å². The number of carbonyl (C=O) groups excluding carboxylic acids is 1. The fraction of sp³-hybridized carbons (Fsp3) is 0.682. The zero-order chi connectivity index (χ0) is 17.9. The molecule has 6 atom stereocenters. The Morgan fingerprint density at radius 3 is 2.58 bits per heavy atom. The van der Waals surface area contributed by atoms with Gasteiger partial charge in [0.25, 0.3) is 0 Å². The fourth-order valence-corrected chi connectivity index (χ4v) is 7.26. The van der Waals surface area contributed by atoms with E-state index in [0.29, 0.717) is 18.3 Å². The smallest absolute Gasteiger partial charge is 0.223 e. The van der Waals surface area contributed by atoms with Crippen molar-refractivity contribution in [2.24, 2.45) is 23.7 Å².